The molecule has 4 rings (SSSR count). The normalized spacial score (nSPS) is 23.0. The maximum absolute atomic E-state index is 13.0. The van der Waals surface area contributed by atoms with E-state index < -0.39 is 5.92 Å². The van der Waals surface area contributed by atoms with Gasteiger partial charge in [0.1, 0.15) is 0 Å². The van der Waals surface area contributed by atoms with E-state index in [0.717, 1.165) is 36.8 Å². The molecule has 158 valence electrons. The van der Waals surface area contributed by atoms with Crippen LogP contribution in [-0.2, 0) is 16.1 Å². The number of aromatic nitrogens is 1. The second-order valence-electron chi connectivity index (χ2n) is 8.69. The number of hydrogen-bond acceptors (Lipinski definition) is 4. The molecule has 2 fully saturated rings. The van der Waals surface area contributed by atoms with Gasteiger partial charge in [0.25, 0.3) is 0 Å². The van der Waals surface area contributed by atoms with Gasteiger partial charge in [-0.05, 0) is 61.2 Å². The molecule has 0 aliphatic carbocycles. The smallest absolute Gasteiger partial charge is 0.230 e. The zero-order chi connectivity index (χ0) is 21.1. The Hall–Kier alpha value is -2.73. The Kier molecular flexibility index (Phi) is 6.13. The molecule has 1 N–H and O–H groups in total. The number of amides is 2. The molecule has 3 heterocycles. The maximum Gasteiger partial charge on any atom is 0.230 e. The lowest BCUT2D eigenvalue weighted by molar-refractivity contribution is -0.127. The van der Waals surface area contributed by atoms with E-state index in [1.54, 1.807) is 24.3 Å². The first kappa shape index (κ1) is 20.5. The predicted octanol–water partition coefficient (Wildman–Crippen LogP) is 3.47. The molecule has 0 bridgehead atoms. The summed E-state index contributed by atoms with van der Waals surface area (Å²) in [5.41, 5.74) is 2.91. The summed E-state index contributed by atoms with van der Waals surface area (Å²) in [6.45, 7) is 5.58. The van der Waals surface area contributed by atoms with Gasteiger partial charge >= 0.3 is 0 Å². The average molecular weight is 407 g/mol. The van der Waals surface area contributed by atoms with Crippen LogP contribution in [0.1, 0.15) is 43.4 Å². The summed E-state index contributed by atoms with van der Waals surface area (Å²) in [4.78, 5) is 33.6. The molecule has 2 aliphatic rings. The van der Waals surface area contributed by atoms with E-state index >= 15 is 0 Å². The summed E-state index contributed by atoms with van der Waals surface area (Å²) in [6.07, 6.45) is 6.17. The molecule has 0 radical (unpaired) electrons. The van der Waals surface area contributed by atoms with Crippen molar-refractivity contribution in [2.24, 2.45) is 11.8 Å². The van der Waals surface area contributed by atoms with E-state index in [4.69, 9.17) is 0 Å². The second-order valence-corrected chi connectivity index (χ2v) is 8.69. The molecule has 30 heavy (non-hydrogen) atoms. The van der Waals surface area contributed by atoms with Crippen molar-refractivity contribution < 1.29 is 9.59 Å². The van der Waals surface area contributed by atoms with Gasteiger partial charge in [-0.25, -0.2) is 0 Å². The van der Waals surface area contributed by atoms with Gasteiger partial charge in [-0.1, -0.05) is 25.1 Å². The highest BCUT2D eigenvalue weighted by Crippen LogP contribution is 2.37. The average Bonchev–Trinajstić information content (AvgIpc) is 3.06. The summed E-state index contributed by atoms with van der Waals surface area (Å²) >= 11 is 0. The minimum atomic E-state index is -0.429. The Morgan fingerprint density at radius 3 is 2.57 bits per heavy atom. The SMILES string of the molecule is CC1CCN(Cc2ccc(NC(=O)C3CC(=O)N(C)C3c3cccnc3)cc2)CC1. The van der Waals surface area contributed by atoms with Crippen molar-refractivity contribution in [3.63, 3.8) is 0 Å². The zero-order valence-electron chi connectivity index (χ0n) is 17.8. The Labute approximate surface area is 178 Å². The van der Waals surface area contributed by atoms with E-state index in [2.05, 4.69) is 34.3 Å². The summed E-state index contributed by atoms with van der Waals surface area (Å²) < 4.78 is 0. The van der Waals surface area contributed by atoms with Crippen LogP contribution in [0.5, 0.6) is 0 Å². The summed E-state index contributed by atoms with van der Waals surface area (Å²) in [5, 5.41) is 3.01. The summed E-state index contributed by atoms with van der Waals surface area (Å²) in [5.74, 6) is 0.257. The van der Waals surface area contributed by atoms with Crippen molar-refractivity contribution in [2.75, 3.05) is 25.5 Å². The molecular formula is C24H30N4O2. The van der Waals surface area contributed by atoms with Crippen molar-refractivity contribution in [1.82, 2.24) is 14.8 Å². The van der Waals surface area contributed by atoms with E-state index in [1.807, 2.05) is 24.3 Å². The van der Waals surface area contributed by atoms with Gasteiger partial charge in [0.15, 0.2) is 0 Å². The van der Waals surface area contributed by atoms with Crippen molar-refractivity contribution in [2.45, 2.75) is 38.8 Å². The number of hydrogen-bond donors (Lipinski definition) is 1. The number of pyridine rings is 1. The second kappa shape index (κ2) is 8.96. The largest absolute Gasteiger partial charge is 0.338 e. The number of carbonyl (C=O) groups excluding carboxylic acids is 2. The molecule has 0 spiro atoms. The van der Waals surface area contributed by atoms with Crippen LogP contribution < -0.4 is 5.32 Å². The number of piperidine rings is 1. The minimum absolute atomic E-state index is 0.0183. The van der Waals surface area contributed by atoms with Gasteiger partial charge in [0.05, 0.1) is 12.0 Å². The van der Waals surface area contributed by atoms with Crippen LogP contribution in [0.3, 0.4) is 0 Å². The van der Waals surface area contributed by atoms with Crippen molar-refractivity contribution in [1.29, 1.82) is 0 Å². The van der Waals surface area contributed by atoms with Gasteiger partial charge in [-0.3, -0.25) is 19.5 Å². The van der Waals surface area contributed by atoms with Crippen molar-refractivity contribution in [3.8, 4) is 0 Å². The van der Waals surface area contributed by atoms with Gasteiger partial charge in [0, 0.05) is 38.1 Å². The topological polar surface area (TPSA) is 65.5 Å². The fourth-order valence-electron chi connectivity index (χ4n) is 4.52. The number of rotatable bonds is 5. The number of benzene rings is 1. The first-order valence-electron chi connectivity index (χ1n) is 10.8. The van der Waals surface area contributed by atoms with E-state index in [-0.39, 0.29) is 24.3 Å². The standard InChI is InChI=1S/C24H30N4O2/c1-17-9-12-28(13-10-17)16-18-5-7-20(8-6-18)26-24(30)21-14-22(29)27(2)23(21)19-4-3-11-25-15-19/h3-8,11,15,17,21,23H,9-10,12-14,16H2,1-2H3,(H,26,30). The number of nitrogens with one attached hydrogen (secondary N) is 1. The highest BCUT2D eigenvalue weighted by molar-refractivity contribution is 5.97. The lowest BCUT2D eigenvalue weighted by atomic mass is 9.94. The summed E-state index contributed by atoms with van der Waals surface area (Å²) in [7, 11) is 1.75. The molecule has 2 unspecified atom stereocenters. The lowest BCUT2D eigenvalue weighted by Crippen LogP contribution is -2.32. The predicted molar refractivity (Wildman–Crippen MR) is 117 cm³/mol. The summed E-state index contributed by atoms with van der Waals surface area (Å²) in [6, 6.07) is 11.5. The monoisotopic (exact) mass is 406 g/mol. The molecular weight excluding hydrogens is 376 g/mol. The van der Waals surface area contributed by atoms with Gasteiger partial charge < -0.3 is 10.2 Å². The van der Waals surface area contributed by atoms with E-state index in [1.165, 1.54) is 18.4 Å². The minimum Gasteiger partial charge on any atom is -0.338 e. The van der Waals surface area contributed by atoms with Crippen LogP contribution in [-0.4, -0.2) is 46.7 Å². The number of nitrogens with zero attached hydrogens (tertiary/aromatic N) is 3. The van der Waals surface area contributed by atoms with Gasteiger partial charge in [-0.2, -0.15) is 0 Å². The van der Waals surface area contributed by atoms with Crippen LogP contribution in [0.4, 0.5) is 5.69 Å². The maximum atomic E-state index is 13.0. The fourth-order valence-corrected chi connectivity index (χ4v) is 4.52. The van der Waals surface area contributed by atoms with Crippen molar-refractivity contribution in [3.05, 3.63) is 59.9 Å². The van der Waals surface area contributed by atoms with E-state index in [9.17, 15) is 9.59 Å². The molecule has 0 saturated carbocycles. The fraction of sp³-hybridized carbons (Fsp3) is 0.458. The first-order valence-corrected chi connectivity index (χ1v) is 10.8. The molecule has 2 aromatic rings. The van der Waals surface area contributed by atoms with Crippen LogP contribution in [0.25, 0.3) is 0 Å². The van der Waals surface area contributed by atoms with Crippen LogP contribution in [0, 0.1) is 11.8 Å². The molecule has 2 saturated heterocycles. The molecule has 1 aromatic heterocycles. The molecule has 6 heteroatoms. The van der Waals surface area contributed by atoms with Gasteiger partial charge in [0.2, 0.25) is 11.8 Å². The Bertz CT molecular complexity index is 876. The number of anilines is 1. The number of carbonyl (C=O) groups is 2. The van der Waals surface area contributed by atoms with Crippen LogP contribution >= 0.6 is 0 Å². The Morgan fingerprint density at radius 1 is 1.17 bits per heavy atom. The first-order chi connectivity index (χ1) is 14.5. The van der Waals surface area contributed by atoms with Gasteiger partial charge in [-0.15, -0.1) is 0 Å². The third-order valence-corrected chi connectivity index (χ3v) is 6.45. The lowest BCUT2D eigenvalue weighted by Gasteiger charge is -2.30. The molecule has 1 aromatic carbocycles. The zero-order valence-corrected chi connectivity index (χ0v) is 17.8. The number of likely N-dealkylation sites (tertiary alicyclic amines) is 2. The van der Waals surface area contributed by atoms with Crippen LogP contribution in [0.15, 0.2) is 48.8 Å². The third kappa shape index (κ3) is 4.54. The molecule has 2 amide bonds. The Morgan fingerprint density at radius 2 is 1.90 bits per heavy atom. The molecule has 2 aliphatic heterocycles. The highest BCUT2D eigenvalue weighted by atomic mass is 16.2. The van der Waals surface area contributed by atoms with Crippen LogP contribution in [0.2, 0.25) is 0 Å². The third-order valence-electron chi connectivity index (χ3n) is 6.45. The molecule has 6 nitrogen and oxygen atoms in total. The molecule has 2 atom stereocenters. The van der Waals surface area contributed by atoms with Crippen molar-refractivity contribution >= 4 is 17.5 Å². The Balaban J connectivity index is 1.40. The highest BCUT2D eigenvalue weighted by Gasteiger charge is 2.42. The quantitative estimate of drug-likeness (QED) is 0.826. The van der Waals surface area contributed by atoms with E-state index in [0.29, 0.717) is 0 Å².